The van der Waals surface area contributed by atoms with E-state index in [9.17, 15) is 13.2 Å². The smallest absolute Gasteiger partial charge is 0.303 e. The zero-order valence-corrected chi connectivity index (χ0v) is 17.6. The Kier molecular flexibility index (Phi) is 7.20. The number of carboxylic acids is 1. The fourth-order valence-corrected chi connectivity index (χ4v) is 4.33. The summed E-state index contributed by atoms with van der Waals surface area (Å²) in [5.41, 5.74) is 2.28. The van der Waals surface area contributed by atoms with Gasteiger partial charge in [0.2, 0.25) is 10.0 Å². The van der Waals surface area contributed by atoms with Gasteiger partial charge in [0, 0.05) is 17.6 Å². The van der Waals surface area contributed by atoms with E-state index in [0.717, 1.165) is 11.1 Å². The van der Waals surface area contributed by atoms with Crippen LogP contribution in [0.15, 0.2) is 77.8 Å². The SMILES string of the molecule is O=C(O)CCCc1ccc(C(NS(=O)(=O)c2ccc(Cl)cc2)c2ccccn2)cc1. The van der Waals surface area contributed by atoms with E-state index in [1.165, 1.54) is 24.3 Å². The van der Waals surface area contributed by atoms with Crippen LogP contribution in [0.1, 0.15) is 35.7 Å². The van der Waals surface area contributed by atoms with Crippen molar-refractivity contribution in [3.05, 3.63) is 94.8 Å². The molecule has 3 aromatic rings. The highest BCUT2D eigenvalue weighted by atomic mass is 35.5. The van der Waals surface area contributed by atoms with Crippen molar-refractivity contribution in [2.24, 2.45) is 0 Å². The predicted molar refractivity (Wildman–Crippen MR) is 115 cm³/mol. The van der Waals surface area contributed by atoms with Crippen molar-refractivity contribution in [1.29, 1.82) is 0 Å². The monoisotopic (exact) mass is 444 g/mol. The molecular formula is C22H21ClN2O4S. The number of halogens is 1. The third-order valence-corrected chi connectivity index (χ3v) is 6.24. The molecule has 1 unspecified atom stereocenters. The molecule has 156 valence electrons. The molecule has 8 heteroatoms. The number of rotatable bonds is 9. The highest BCUT2D eigenvalue weighted by Crippen LogP contribution is 2.24. The summed E-state index contributed by atoms with van der Waals surface area (Å²) >= 11 is 5.87. The van der Waals surface area contributed by atoms with Crippen LogP contribution in [0.2, 0.25) is 5.02 Å². The Labute approximate surface area is 180 Å². The van der Waals surface area contributed by atoms with E-state index in [1.807, 2.05) is 24.3 Å². The second-order valence-electron chi connectivity index (χ2n) is 6.75. The molecule has 2 aromatic carbocycles. The number of carbonyl (C=O) groups is 1. The van der Waals surface area contributed by atoms with Crippen molar-refractivity contribution in [3.8, 4) is 0 Å². The number of nitrogens with zero attached hydrogens (tertiary/aromatic N) is 1. The quantitative estimate of drug-likeness (QED) is 0.515. The molecule has 0 radical (unpaired) electrons. The molecule has 6 nitrogen and oxygen atoms in total. The molecule has 0 aliphatic heterocycles. The molecule has 0 amide bonds. The molecule has 0 saturated carbocycles. The zero-order chi connectivity index (χ0) is 21.6. The van der Waals surface area contributed by atoms with Crippen molar-refractivity contribution in [3.63, 3.8) is 0 Å². The Balaban J connectivity index is 1.86. The maximum Gasteiger partial charge on any atom is 0.303 e. The zero-order valence-electron chi connectivity index (χ0n) is 16.0. The first-order valence-corrected chi connectivity index (χ1v) is 11.2. The van der Waals surface area contributed by atoms with Gasteiger partial charge in [-0.15, -0.1) is 0 Å². The Morgan fingerprint density at radius 1 is 1.03 bits per heavy atom. The number of aliphatic carboxylic acids is 1. The largest absolute Gasteiger partial charge is 0.481 e. The summed E-state index contributed by atoms with van der Waals surface area (Å²) in [6.45, 7) is 0. The van der Waals surface area contributed by atoms with E-state index in [1.54, 1.807) is 24.4 Å². The van der Waals surface area contributed by atoms with Crippen LogP contribution in [0.4, 0.5) is 0 Å². The number of hydrogen-bond acceptors (Lipinski definition) is 4. The van der Waals surface area contributed by atoms with Crippen molar-refractivity contribution in [2.75, 3.05) is 0 Å². The number of sulfonamides is 1. The fourth-order valence-electron chi connectivity index (χ4n) is 3.00. The van der Waals surface area contributed by atoms with Gasteiger partial charge >= 0.3 is 5.97 Å². The van der Waals surface area contributed by atoms with Gasteiger partial charge in [-0.05, 0) is 60.4 Å². The summed E-state index contributed by atoms with van der Waals surface area (Å²) in [6.07, 6.45) is 2.90. The average molecular weight is 445 g/mol. The Bertz CT molecular complexity index is 1090. The molecule has 0 saturated heterocycles. The van der Waals surface area contributed by atoms with E-state index in [0.29, 0.717) is 23.6 Å². The minimum Gasteiger partial charge on any atom is -0.481 e. The lowest BCUT2D eigenvalue weighted by Gasteiger charge is -2.19. The molecule has 1 atom stereocenters. The van der Waals surface area contributed by atoms with E-state index >= 15 is 0 Å². The lowest BCUT2D eigenvalue weighted by atomic mass is 10.0. The molecule has 1 aromatic heterocycles. The number of aryl methyl sites for hydroxylation is 1. The van der Waals surface area contributed by atoms with Gasteiger partial charge in [-0.1, -0.05) is 41.9 Å². The molecular weight excluding hydrogens is 424 g/mol. The van der Waals surface area contributed by atoms with E-state index < -0.39 is 22.0 Å². The number of nitrogens with one attached hydrogen (secondary N) is 1. The Hall–Kier alpha value is -2.74. The van der Waals surface area contributed by atoms with Crippen LogP contribution in [0.5, 0.6) is 0 Å². The highest BCUT2D eigenvalue weighted by Gasteiger charge is 2.24. The molecule has 0 fully saturated rings. The average Bonchev–Trinajstić information content (AvgIpc) is 2.73. The minimum atomic E-state index is -3.82. The second kappa shape index (κ2) is 9.84. The second-order valence-corrected chi connectivity index (χ2v) is 8.90. The topological polar surface area (TPSA) is 96.4 Å². The van der Waals surface area contributed by atoms with Crippen molar-refractivity contribution < 1.29 is 18.3 Å². The molecule has 3 rings (SSSR count). The lowest BCUT2D eigenvalue weighted by molar-refractivity contribution is -0.137. The third-order valence-electron chi connectivity index (χ3n) is 4.55. The van der Waals surface area contributed by atoms with E-state index in [4.69, 9.17) is 16.7 Å². The number of aromatic nitrogens is 1. The van der Waals surface area contributed by atoms with Crippen LogP contribution < -0.4 is 4.72 Å². The van der Waals surface area contributed by atoms with Gasteiger partial charge in [0.25, 0.3) is 0 Å². The Morgan fingerprint density at radius 2 is 1.73 bits per heavy atom. The van der Waals surface area contributed by atoms with Gasteiger partial charge in [0.05, 0.1) is 16.6 Å². The van der Waals surface area contributed by atoms with Crippen LogP contribution in [0.3, 0.4) is 0 Å². The Morgan fingerprint density at radius 3 is 2.33 bits per heavy atom. The summed E-state index contributed by atoms with van der Waals surface area (Å²) in [6, 6.07) is 18.0. The molecule has 2 N–H and O–H groups in total. The molecule has 1 heterocycles. The van der Waals surface area contributed by atoms with Gasteiger partial charge in [0.1, 0.15) is 0 Å². The normalized spacial score (nSPS) is 12.4. The first kappa shape index (κ1) is 22.0. The molecule has 0 spiro atoms. The van der Waals surface area contributed by atoms with Gasteiger partial charge in [-0.3, -0.25) is 9.78 Å². The van der Waals surface area contributed by atoms with E-state index in [2.05, 4.69) is 9.71 Å². The van der Waals surface area contributed by atoms with E-state index in [-0.39, 0.29) is 11.3 Å². The number of hydrogen-bond donors (Lipinski definition) is 2. The lowest BCUT2D eigenvalue weighted by Crippen LogP contribution is -2.30. The molecule has 30 heavy (non-hydrogen) atoms. The van der Waals surface area contributed by atoms with Crippen molar-refractivity contribution in [2.45, 2.75) is 30.2 Å². The maximum absolute atomic E-state index is 12.9. The van der Waals surface area contributed by atoms with Gasteiger partial charge in [-0.25, -0.2) is 8.42 Å². The summed E-state index contributed by atoms with van der Waals surface area (Å²) in [7, 11) is -3.82. The van der Waals surface area contributed by atoms with Gasteiger partial charge in [0.15, 0.2) is 0 Å². The summed E-state index contributed by atoms with van der Waals surface area (Å²) in [4.78, 5) is 15.1. The first-order chi connectivity index (χ1) is 14.3. The van der Waals surface area contributed by atoms with Crippen LogP contribution >= 0.6 is 11.6 Å². The number of carboxylic acid groups (broad SMARTS) is 1. The predicted octanol–water partition coefficient (Wildman–Crippen LogP) is 4.21. The van der Waals surface area contributed by atoms with Crippen molar-refractivity contribution in [1.82, 2.24) is 9.71 Å². The summed E-state index contributed by atoms with van der Waals surface area (Å²) in [5, 5.41) is 9.22. The standard InChI is InChI=1S/C22H21ClN2O4S/c23-18-11-13-19(14-12-18)30(28,29)25-22(20-5-1-2-15-24-20)17-9-7-16(8-10-17)4-3-6-21(26)27/h1-2,5,7-15,22,25H,3-4,6H2,(H,26,27). The number of benzene rings is 2. The van der Waals surface area contributed by atoms with Gasteiger partial charge < -0.3 is 5.11 Å². The van der Waals surface area contributed by atoms with Crippen LogP contribution in [0, 0.1) is 0 Å². The van der Waals surface area contributed by atoms with Gasteiger partial charge in [-0.2, -0.15) is 4.72 Å². The van der Waals surface area contributed by atoms with Crippen LogP contribution in [-0.4, -0.2) is 24.5 Å². The molecule has 0 aliphatic rings. The number of pyridine rings is 1. The first-order valence-electron chi connectivity index (χ1n) is 9.34. The fraction of sp³-hybridized carbons (Fsp3) is 0.182. The summed E-state index contributed by atoms with van der Waals surface area (Å²) < 4.78 is 28.6. The molecule has 0 bridgehead atoms. The van der Waals surface area contributed by atoms with Crippen molar-refractivity contribution >= 4 is 27.6 Å². The maximum atomic E-state index is 12.9. The third kappa shape index (κ3) is 5.89. The van der Waals surface area contributed by atoms with Crippen LogP contribution in [0.25, 0.3) is 0 Å². The summed E-state index contributed by atoms with van der Waals surface area (Å²) in [5.74, 6) is -0.821. The molecule has 0 aliphatic carbocycles. The minimum absolute atomic E-state index is 0.109. The highest BCUT2D eigenvalue weighted by molar-refractivity contribution is 7.89. The van der Waals surface area contributed by atoms with Crippen LogP contribution in [-0.2, 0) is 21.2 Å².